The van der Waals surface area contributed by atoms with Crippen molar-refractivity contribution in [2.24, 2.45) is 0 Å². The van der Waals surface area contributed by atoms with Crippen LogP contribution in [0.1, 0.15) is 335 Å². The lowest BCUT2D eigenvalue weighted by molar-refractivity contribution is -0.167. The Labute approximate surface area is 484 Å². The minimum Gasteiger partial charge on any atom is -0.462 e. The van der Waals surface area contributed by atoms with Crippen molar-refractivity contribution in [1.29, 1.82) is 0 Å². The molecule has 0 aliphatic rings. The van der Waals surface area contributed by atoms with E-state index in [4.69, 9.17) is 14.2 Å². The highest BCUT2D eigenvalue weighted by Gasteiger charge is 2.19. The fourth-order valence-corrected chi connectivity index (χ4v) is 9.63. The van der Waals surface area contributed by atoms with Crippen LogP contribution in [0.5, 0.6) is 0 Å². The van der Waals surface area contributed by atoms with Crippen LogP contribution in [-0.4, -0.2) is 37.2 Å². The number of unbranched alkanes of at least 4 members (excludes halogenated alkanes) is 36. The number of esters is 3. The highest BCUT2D eigenvalue weighted by Crippen LogP contribution is 2.18. The summed E-state index contributed by atoms with van der Waals surface area (Å²) in [6.07, 6.45) is 87.6. The summed E-state index contributed by atoms with van der Waals surface area (Å²) < 4.78 is 16.9. The molecule has 1 atom stereocenters. The maximum absolute atomic E-state index is 12.9. The number of hydrogen-bond donors (Lipinski definition) is 0. The van der Waals surface area contributed by atoms with E-state index in [9.17, 15) is 14.4 Å². The van der Waals surface area contributed by atoms with Crippen LogP contribution < -0.4 is 0 Å². The summed E-state index contributed by atoms with van der Waals surface area (Å²) in [5.41, 5.74) is 0. The molecule has 0 aromatic heterocycles. The molecule has 6 nitrogen and oxygen atoms in total. The summed E-state index contributed by atoms with van der Waals surface area (Å²) in [6.45, 7) is 6.49. The first-order chi connectivity index (χ1) is 38.5. The Morgan fingerprint density at radius 3 is 0.846 bits per heavy atom. The van der Waals surface area contributed by atoms with E-state index in [1.807, 2.05) is 0 Å². The Balaban J connectivity index is 4.24. The van der Waals surface area contributed by atoms with Gasteiger partial charge in [-0.25, -0.2) is 0 Å². The van der Waals surface area contributed by atoms with Gasteiger partial charge in [-0.3, -0.25) is 14.4 Å². The minimum atomic E-state index is -0.786. The zero-order valence-electron chi connectivity index (χ0n) is 51.7. The summed E-state index contributed by atoms with van der Waals surface area (Å²) >= 11 is 0. The molecule has 0 aromatic rings. The average molecular weight is 1090 g/mol. The van der Waals surface area contributed by atoms with Crippen molar-refractivity contribution in [3.05, 3.63) is 85.1 Å². The SMILES string of the molecule is CC/C=C\C/C=C\C/C=C\C/C=C\C/C=C\C/C=C\CCCCCCCCC(=O)OCC(COC(=O)CCCCCCC/C=C\CCC)OC(=O)CCCCCCCCCCCCCCCCCCCCCCCCCCC. The maximum atomic E-state index is 12.9. The molecule has 0 N–H and O–H groups in total. The van der Waals surface area contributed by atoms with Gasteiger partial charge >= 0.3 is 17.9 Å². The zero-order valence-corrected chi connectivity index (χ0v) is 51.7. The molecular weight excluding hydrogens is 961 g/mol. The number of allylic oxidation sites excluding steroid dienone is 14. The number of carbonyl (C=O) groups is 3. The van der Waals surface area contributed by atoms with Crippen LogP contribution in [0.2, 0.25) is 0 Å². The molecule has 0 spiro atoms. The Bertz CT molecular complexity index is 1480. The highest BCUT2D eigenvalue weighted by atomic mass is 16.6. The quantitative estimate of drug-likeness (QED) is 0.0261. The first kappa shape index (κ1) is 74.6. The van der Waals surface area contributed by atoms with Gasteiger partial charge in [-0.1, -0.05) is 311 Å². The fourth-order valence-electron chi connectivity index (χ4n) is 9.63. The van der Waals surface area contributed by atoms with Crippen LogP contribution in [0.3, 0.4) is 0 Å². The molecule has 0 aromatic carbocycles. The maximum Gasteiger partial charge on any atom is 0.306 e. The van der Waals surface area contributed by atoms with Crippen molar-refractivity contribution < 1.29 is 28.6 Å². The van der Waals surface area contributed by atoms with Gasteiger partial charge in [0.1, 0.15) is 13.2 Å². The zero-order chi connectivity index (χ0) is 56.4. The Morgan fingerprint density at radius 2 is 0.526 bits per heavy atom. The second kappa shape index (κ2) is 66.1. The lowest BCUT2D eigenvalue weighted by Gasteiger charge is -2.18. The van der Waals surface area contributed by atoms with Crippen LogP contribution in [0.25, 0.3) is 0 Å². The Morgan fingerprint density at radius 1 is 0.269 bits per heavy atom. The largest absolute Gasteiger partial charge is 0.462 e. The first-order valence-electron chi connectivity index (χ1n) is 33.6. The summed E-state index contributed by atoms with van der Waals surface area (Å²) in [6, 6.07) is 0. The molecule has 1 unspecified atom stereocenters. The van der Waals surface area contributed by atoms with Crippen LogP contribution in [0.4, 0.5) is 0 Å². The lowest BCUT2D eigenvalue weighted by Crippen LogP contribution is -2.30. The van der Waals surface area contributed by atoms with Crippen LogP contribution in [0, 0.1) is 0 Å². The van der Waals surface area contributed by atoms with Gasteiger partial charge in [-0.05, 0) is 89.9 Å². The van der Waals surface area contributed by atoms with Gasteiger partial charge in [0.25, 0.3) is 0 Å². The summed E-state index contributed by atoms with van der Waals surface area (Å²) in [4.78, 5) is 38.3. The fraction of sp³-hybridized carbons (Fsp3) is 0.764. The number of ether oxygens (including phenoxy) is 3. The van der Waals surface area contributed by atoms with E-state index in [0.29, 0.717) is 19.3 Å². The smallest absolute Gasteiger partial charge is 0.306 e. The minimum absolute atomic E-state index is 0.0833. The predicted octanol–water partition coefficient (Wildman–Crippen LogP) is 23.1. The molecule has 450 valence electrons. The van der Waals surface area contributed by atoms with Crippen LogP contribution in [-0.2, 0) is 28.6 Å². The standard InChI is InChI=1S/C72H126O6/c1-4-7-10-13-16-19-22-24-26-28-30-32-34-36-38-40-42-44-46-48-50-53-56-59-62-65-71(74)77-68-69(67-76-70(73)64-61-58-55-52-21-18-15-12-9-6-3)78-72(75)66-63-60-57-54-51-49-47-45-43-41-39-37-35-33-31-29-27-25-23-20-17-14-11-8-5-2/h7,10,12,15-16,19,24,26,30,32,36,38,42,44,69H,4-6,8-9,11,13-14,17-18,20-23,25,27-29,31,33-35,37,39-41,43,45-68H2,1-3H3/b10-7-,15-12-,19-16-,26-24-,32-30-,38-36-,44-42-. The topological polar surface area (TPSA) is 78.9 Å². The van der Waals surface area contributed by atoms with Crippen LogP contribution in [0.15, 0.2) is 85.1 Å². The van der Waals surface area contributed by atoms with E-state index in [0.717, 1.165) is 122 Å². The van der Waals surface area contributed by atoms with Crippen molar-refractivity contribution in [2.45, 2.75) is 341 Å². The molecule has 0 aliphatic carbocycles. The van der Waals surface area contributed by atoms with E-state index < -0.39 is 6.10 Å². The third-order valence-corrected chi connectivity index (χ3v) is 14.6. The van der Waals surface area contributed by atoms with Crippen molar-refractivity contribution in [1.82, 2.24) is 0 Å². The average Bonchev–Trinajstić information content (AvgIpc) is 3.44. The molecule has 0 saturated carbocycles. The van der Waals surface area contributed by atoms with Gasteiger partial charge in [0.05, 0.1) is 0 Å². The molecule has 0 bridgehead atoms. The number of hydrogen-bond acceptors (Lipinski definition) is 6. The van der Waals surface area contributed by atoms with Crippen molar-refractivity contribution in [2.75, 3.05) is 13.2 Å². The molecule has 0 fully saturated rings. The molecule has 0 rings (SSSR count). The monoisotopic (exact) mass is 1090 g/mol. The predicted molar refractivity (Wildman–Crippen MR) is 339 cm³/mol. The van der Waals surface area contributed by atoms with Gasteiger partial charge in [0.15, 0.2) is 6.10 Å². The molecule has 6 heteroatoms. The van der Waals surface area contributed by atoms with Gasteiger partial charge < -0.3 is 14.2 Å². The Kier molecular flexibility index (Phi) is 63.2. The van der Waals surface area contributed by atoms with Gasteiger partial charge in [0.2, 0.25) is 0 Å². The van der Waals surface area contributed by atoms with Gasteiger partial charge in [-0.15, -0.1) is 0 Å². The van der Waals surface area contributed by atoms with Gasteiger partial charge in [-0.2, -0.15) is 0 Å². The van der Waals surface area contributed by atoms with Crippen molar-refractivity contribution in [3.63, 3.8) is 0 Å². The lowest BCUT2D eigenvalue weighted by atomic mass is 10.0. The van der Waals surface area contributed by atoms with E-state index in [2.05, 4.69) is 106 Å². The van der Waals surface area contributed by atoms with Crippen LogP contribution >= 0.6 is 0 Å². The summed E-state index contributed by atoms with van der Waals surface area (Å²) in [7, 11) is 0. The summed E-state index contributed by atoms with van der Waals surface area (Å²) in [5.74, 6) is -0.893. The van der Waals surface area contributed by atoms with Crippen molar-refractivity contribution in [3.8, 4) is 0 Å². The summed E-state index contributed by atoms with van der Waals surface area (Å²) in [5, 5.41) is 0. The Hall–Kier alpha value is -3.41. The third kappa shape index (κ3) is 63.4. The second-order valence-electron chi connectivity index (χ2n) is 22.4. The van der Waals surface area contributed by atoms with Gasteiger partial charge in [0, 0.05) is 19.3 Å². The molecule has 0 saturated heterocycles. The molecule has 78 heavy (non-hydrogen) atoms. The van der Waals surface area contributed by atoms with E-state index in [1.54, 1.807) is 0 Å². The van der Waals surface area contributed by atoms with E-state index in [-0.39, 0.29) is 31.1 Å². The second-order valence-corrected chi connectivity index (χ2v) is 22.4. The number of rotatable bonds is 61. The normalized spacial score (nSPS) is 12.6. The highest BCUT2D eigenvalue weighted by molar-refractivity contribution is 5.71. The van der Waals surface area contributed by atoms with E-state index in [1.165, 1.54) is 173 Å². The number of carbonyl (C=O) groups excluding carboxylic acids is 3. The molecule has 0 radical (unpaired) electrons. The molecule has 0 aliphatic heterocycles. The molecule has 0 heterocycles. The van der Waals surface area contributed by atoms with E-state index >= 15 is 0 Å². The molecule has 0 amide bonds. The molecular formula is C72H126O6. The first-order valence-corrected chi connectivity index (χ1v) is 33.6. The van der Waals surface area contributed by atoms with Crippen molar-refractivity contribution >= 4 is 17.9 Å². The third-order valence-electron chi connectivity index (χ3n) is 14.6.